The number of hydrogen-bond donors (Lipinski definition) is 1. The second kappa shape index (κ2) is 6.58. The van der Waals surface area contributed by atoms with Crippen molar-refractivity contribution in [3.8, 4) is 0 Å². The molecule has 0 spiro atoms. The molecule has 4 nitrogen and oxygen atoms in total. The summed E-state index contributed by atoms with van der Waals surface area (Å²) in [6.45, 7) is 0. The standard InChI is InChI=1S/C17H16O4S/c1-22(20,21)15-9-5-6-13(12-15)10-11-16(17(18)19)14-7-3-2-4-8-14/h2-9,11-12H,10H2,1H3,(H,18,19)/b16-11+. The molecule has 0 aliphatic carbocycles. The summed E-state index contributed by atoms with van der Waals surface area (Å²) < 4.78 is 23.1. The summed E-state index contributed by atoms with van der Waals surface area (Å²) >= 11 is 0. The molecule has 0 atom stereocenters. The van der Waals surface area contributed by atoms with Crippen molar-refractivity contribution >= 4 is 21.4 Å². The Morgan fingerprint density at radius 1 is 1.09 bits per heavy atom. The van der Waals surface area contributed by atoms with E-state index in [0.717, 1.165) is 11.8 Å². The first-order valence-electron chi connectivity index (χ1n) is 6.66. The smallest absolute Gasteiger partial charge is 0.335 e. The first-order chi connectivity index (χ1) is 10.4. The molecule has 1 N–H and O–H groups in total. The van der Waals surface area contributed by atoms with Gasteiger partial charge in [-0.15, -0.1) is 0 Å². The van der Waals surface area contributed by atoms with Gasteiger partial charge in [-0.25, -0.2) is 13.2 Å². The molecule has 2 aromatic rings. The number of benzene rings is 2. The van der Waals surface area contributed by atoms with Crippen molar-refractivity contribution in [3.63, 3.8) is 0 Å². The van der Waals surface area contributed by atoms with Crippen LogP contribution in [0.5, 0.6) is 0 Å². The number of carboxylic acids is 1. The van der Waals surface area contributed by atoms with Crippen LogP contribution in [-0.2, 0) is 21.1 Å². The highest BCUT2D eigenvalue weighted by atomic mass is 32.2. The van der Waals surface area contributed by atoms with Crippen LogP contribution in [0.3, 0.4) is 0 Å². The number of rotatable bonds is 5. The van der Waals surface area contributed by atoms with Crippen molar-refractivity contribution in [1.29, 1.82) is 0 Å². The number of hydrogen-bond acceptors (Lipinski definition) is 3. The van der Waals surface area contributed by atoms with Gasteiger partial charge in [-0.1, -0.05) is 48.5 Å². The zero-order valence-corrected chi connectivity index (χ0v) is 12.9. The second-order valence-electron chi connectivity index (χ2n) is 4.91. The van der Waals surface area contributed by atoms with Crippen LogP contribution in [0, 0.1) is 0 Å². The van der Waals surface area contributed by atoms with Crippen LogP contribution in [-0.4, -0.2) is 25.7 Å². The predicted octanol–water partition coefficient (Wildman–Crippen LogP) is 2.80. The highest BCUT2D eigenvalue weighted by Crippen LogP contribution is 2.17. The number of carbonyl (C=O) groups is 1. The summed E-state index contributed by atoms with van der Waals surface area (Å²) in [5.41, 5.74) is 1.57. The topological polar surface area (TPSA) is 71.4 Å². The Morgan fingerprint density at radius 2 is 1.77 bits per heavy atom. The number of carboxylic acid groups (broad SMARTS) is 1. The third-order valence-corrected chi connectivity index (χ3v) is 4.29. The molecule has 0 aliphatic heterocycles. The van der Waals surface area contributed by atoms with E-state index in [4.69, 9.17) is 0 Å². The Morgan fingerprint density at radius 3 is 2.36 bits per heavy atom. The molecule has 114 valence electrons. The normalized spacial score (nSPS) is 12.1. The zero-order valence-electron chi connectivity index (χ0n) is 12.1. The summed E-state index contributed by atoms with van der Waals surface area (Å²) in [5.74, 6) is -1.01. The van der Waals surface area contributed by atoms with Gasteiger partial charge < -0.3 is 5.11 Å². The Hall–Kier alpha value is -2.40. The molecule has 0 aromatic heterocycles. The lowest BCUT2D eigenvalue weighted by atomic mass is 10.0. The van der Waals surface area contributed by atoms with Crippen molar-refractivity contribution in [2.75, 3.05) is 6.26 Å². The summed E-state index contributed by atoms with van der Waals surface area (Å²) in [5, 5.41) is 9.32. The summed E-state index contributed by atoms with van der Waals surface area (Å²) in [6, 6.07) is 15.3. The minimum atomic E-state index is -3.27. The minimum absolute atomic E-state index is 0.199. The SMILES string of the molecule is CS(=O)(=O)c1cccc(C/C=C(/C(=O)O)c2ccccc2)c1. The molecule has 0 heterocycles. The fourth-order valence-electron chi connectivity index (χ4n) is 2.07. The van der Waals surface area contributed by atoms with Crippen molar-refractivity contribution in [2.24, 2.45) is 0 Å². The van der Waals surface area contributed by atoms with Gasteiger partial charge in [0.15, 0.2) is 9.84 Å². The quantitative estimate of drug-likeness (QED) is 0.861. The maximum atomic E-state index is 11.5. The van der Waals surface area contributed by atoms with Gasteiger partial charge in [0, 0.05) is 6.26 Å². The molecule has 2 aromatic carbocycles. The predicted molar refractivity (Wildman–Crippen MR) is 85.3 cm³/mol. The first-order valence-corrected chi connectivity index (χ1v) is 8.55. The maximum Gasteiger partial charge on any atom is 0.335 e. The van der Waals surface area contributed by atoms with E-state index in [0.29, 0.717) is 12.0 Å². The first kappa shape index (κ1) is 16.0. The number of aliphatic carboxylic acids is 1. The van der Waals surface area contributed by atoms with Crippen LogP contribution in [0.15, 0.2) is 65.6 Å². The van der Waals surface area contributed by atoms with Crippen molar-refractivity contribution in [3.05, 3.63) is 71.8 Å². The van der Waals surface area contributed by atoms with E-state index in [-0.39, 0.29) is 10.5 Å². The van der Waals surface area contributed by atoms with Gasteiger partial charge in [0.25, 0.3) is 0 Å². The zero-order chi connectivity index (χ0) is 16.2. The molecule has 0 saturated heterocycles. The largest absolute Gasteiger partial charge is 0.478 e. The monoisotopic (exact) mass is 316 g/mol. The van der Waals surface area contributed by atoms with Crippen molar-refractivity contribution < 1.29 is 18.3 Å². The molecule has 0 radical (unpaired) electrons. The van der Waals surface area contributed by atoms with Crippen LogP contribution in [0.2, 0.25) is 0 Å². The van der Waals surface area contributed by atoms with E-state index in [1.807, 2.05) is 6.07 Å². The molecule has 0 bridgehead atoms. The number of allylic oxidation sites excluding steroid dienone is 1. The lowest BCUT2D eigenvalue weighted by molar-refractivity contribution is -0.130. The highest BCUT2D eigenvalue weighted by Gasteiger charge is 2.10. The molecule has 2 rings (SSSR count). The molecule has 22 heavy (non-hydrogen) atoms. The molecule has 0 aliphatic rings. The van der Waals surface area contributed by atoms with Crippen molar-refractivity contribution in [1.82, 2.24) is 0 Å². The van der Waals surface area contributed by atoms with Gasteiger partial charge in [-0.2, -0.15) is 0 Å². The van der Waals surface area contributed by atoms with Gasteiger partial charge in [-0.05, 0) is 29.7 Å². The average molecular weight is 316 g/mol. The van der Waals surface area contributed by atoms with Crippen molar-refractivity contribution in [2.45, 2.75) is 11.3 Å². The Kier molecular flexibility index (Phi) is 4.78. The minimum Gasteiger partial charge on any atom is -0.478 e. The summed E-state index contributed by atoms with van der Waals surface area (Å²) in [7, 11) is -3.27. The molecule has 0 fully saturated rings. The van der Waals surface area contributed by atoms with E-state index in [2.05, 4.69) is 0 Å². The molecule has 5 heteroatoms. The van der Waals surface area contributed by atoms with Crippen LogP contribution in [0.1, 0.15) is 11.1 Å². The Balaban J connectivity index is 2.31. The van der Waals surface area contributed by atoms with Crippen LogP contribution in [0.25, 0.3) is 5.57 Å². The highest BCUT2D eigenvalue weighted by molar-refractivity contribution is 7.90. The molecular weight excluding hydrogens is 300 g/mol. The van der Waals surface area contributed by atoms with Crippen LogP contribution < -0.4 is 0 Å². The molecule has 0 unspecified atom stereocenters. The lowest BCUT2D eigenvalue weighted by Crippen LogP contribution is -2.01. The van der Waals surface area contributed by atoms with Gasteiger partial charge >= 0.3 is 5.97 Å². The van der Waals surface area contributed by atoms with Gasteiger partial charge in [-0.3, -0.25) is 0 Å². The van der Waals surface area contributed by atoms with Gasteiger partial charge in [0.1, 0.15) is 0 Å². The third kappa shape index (κ3) is 4.05. The molecule has 0 amide bonds. The van der Waals surface area contributed by atoms with E-state index >= 15 is 0 Å². The van der Waals surface area contributed by atoms with E-state index < -0.39 is 15.8 Å². The summed E-state index contributed by atoms with van der Waals surface area (Å²) in [4.78, 5) is 11.6. The Labute approximate surface area is 129 Å². The van der Waals surface area contributed by atoms with E-state index in [1.54, 1.807) is 48.5 Å². The number of sulfone groups is 1. The summed E-state index contributed by atoms with van der Waals surface area (Å²) in [6.07, 6.45) is 3.09. The average Bonchev–Trinajstić information content (AvgIpc) is 2.48. The fraction of sp³-hybridized carbons (Fsp3) is 0.118. The fourth-order valence-corrected chi connectivity index (χ4v) is 2.76. The molecular formula is C17H16O4S. The van der Waals surface area contributed by atoms with E-state index in [1.165, 1.54) is 6.07 Å². The van der Waals surface area contributed by atoms with Crippen LogP contribution in [0.4, 0.5) is 0 Å². The lowest BCUT2D eigenvalue weighted by Gasteiger charge is -2.04. The third-order valence-electron chi connectivity index (χ3n) is 3.18. The van der Waals surface area contributed by atoms with E-state index in [9.17, 15) is 18.3 Å². The Bertz CT molecular complexity index is 806. The second-order valence-corrected chi connectivity index (χ2v) is 6.93. The van der Waals surface area contributed by atoms with Gasteiger partial charge in [0.05, 0.1) is 10.5 Å². The maximum absolute atomic E-state index is 11.5. The molecule has 0 saturated carbocycles. The van der Waals surface area contributed by atoms with Gasteiger partial charge in [0.2, 0.25) is 0 Å². The van der Waals surface area contributed by atoms with Crippen LogP contribution >= 0.6 is 0 Å².